The SMILES string of the molecule is O=C1c2ccccc2C2OCCCON12. The lowest BCUT2D eigenvalue weighted by Gasteiger charge is -2.20. The van der Waals surface area contributed by atoms with E-state index >= 15 is 0 Å². The number of ether oxygens (including phenoxy) is 1. The van der Waals surface area contributed by atoms with Gasteiger partial charge in [0.05, 0.1) is 13.2 Å². The first-order chi connectivity index (χ1) is 7.38. The number of hydrogen-bond acceptors (Lipinski definition) is 3. The van der Waals surface area contributed by atoms with E-state index in [0.717, 1.165) is 12.0 Å². The number of fused-ring (bicyclic) bond motifs is 3. The molecule has 1 fully saturated rings. The molecule has 0 radical (unpaired) electrons. The molecule has 3 rings (SSSR count). The minimum atomic E-state index is -0.351. The van der Waals surface area contributed by atoms with Gasteiger partial charge in [0, 0.05) is 11.1 Å². The van der Waals surface area contributed by atoms with Gasteiger partial charge < -0.3 is 4.74 Å². The predicted octanol–water partition coefficient (Wildman–Crippen LogP) is 1.49. The summed E-state index contributed by atoms with van der Waals surface area (Å²) < 4.78 is 5.60. The normalized spacial score (nSPS) is 24.7. The second-order valence-corrected chi connectivity index (χ2v) is 3.63. The quantitative estimate of drug-likeness (QED) is 0.644. The van der Waals surface area contributed by atoms with E-state index in [-0.39, 0.29) is 12.1 Å². The minimum absolute atomic E-state index is 0.0995. The maximum absolute atomic E-state index is 11.9. The van der Waals surface area contributed by atoms with E-state index in [1.54, 1.807) is 6.07 Å². The Morgan fingerprint density at radius 3 is 3.07 bits per heavy atom. The van der Waals surface area contributed by atoms with Crippen LogP contribution in [0.4, 0.5) is 0 Å². The molecule has 4 heteroatoms. The van der Waals surface area contributed by atoms with Crippen molar-refractivity contribution >= 4 is 5.91 Å². The lowest BCUT2D eigenvalue weighted by molar-refractivity contribution is -0.191. The van der Waals surface area contributed by atoms with Gasteiger partial charge in [-0.3, -0.25) is 9.63 Å². The average molecular weight is 205 g/mol. The van der Waals surface area contributed by atoms with Crippen LogP contribution < -0.4 is 0 Å². The second kappa shape index (κ2) is 3.32. The Morgan fingerprint density at radius 1 is 1.27 bits per heavy atom. The van der Waals surface area contributed by atoms with Gasteiger partial charge in [0.25, 0.3) is 5.91 Å². The number of nitrogens with zero attached hydrogens (tertiary/aromatic N) is 1. The van der Waals surface area contributed by atoms with Crippen molar-refractivity contribution in [3.8, 4) is 0 Å². The van der Waals surface area contributed by atoms with Gasteiger partial charge in [-0.25, -0.2) is 0 Å². The Kier molecular flexibility index (Phi) is 1.97. The van der Waals surface area contributed by atoms with Gasteiger partial charge in [-0.15, -0.1) is 0 Å². The number of amides is 1. The average Bonchev–Trinajstić information content (AvgIpc) is 2.48. The first kappa shape index (κ1) is 8.88. The molecular weight excluding hydrogens is 194 g/mol. The van der Waals surface area contributed by atoms with Crippen LogP contribution in [0.25, 0.3) is 0 Å². The van der Waals surface area contributed by atoms with Crippen LogP contribution in [0.5, 0.6) is 0 Å². The van der Waals surface area contributed by atoms with Crippen molar-refractivity contribution in [2.24, 2.45) is 0 Å². The Labute approximate surface area is 87.3 Å². The predicted molar refractivity (Wildman–Crippen MR) is 51.9 cm³/mol. The van der Waals surface area contributed by atoms with Gasteiger partial charge in [-0.2, -0.15) is 5.06 Å². The monoisotopic (exact) mass is 205 g/mol. The van der Waals surface area contributed by atoms with Gasteiger partial charge in [0.15, 0.2) is 6.23 Å². The maximum atomic E-state index is 11.9. The highest BCUT2D eigenvalue weighted by Gasteiger charge is 2.39. The van der Waals surface area contributed by atoms with Crippen LogP contribution in [-0.2, 0) is 9.57 Å². The molecule has 78 valence electrons. The van der Waals surface area contributed by atoms with Gasteiger partial charge in [-0.1, -0.05) is 18.2 Å². The molecule has 0 aliphatic carbocycles. The van der Waals surface area contributed by atoms with Crippen molar-refractivity contribution in [1.29, 1.82) is 0 Å². The molecule has 0 bridgehead atoms. The Bertz CT molecular complexity index is 405. The summed E-state index contributed by atoms with van der Waals surface area (Å²) >= 11 is 0. The number of benzene rings is 1. The molecule has 1 saturated heterocycles. The van der Waals surface area contributed by atoms with E-state index in [4.69, 9.17) is 9.57 Å². The number of rotatable bonds is 0. The molecule has 1 atom stereocenters. The Balaban J connectivity index is 2.06. The van der Waals surface area contributed by atoms with Crippen LogP contribution >= 0.6 is 0 Å². The third-order valence-electron chi connectivity index (χ3n) is 2.67. The largest absolute Gasteiger partial charge is 0.352 e. The van der Waals surface area contributed by atoms with Crippen molar-refractivity contribution in [3.63, 3.8) is 0 Å². The van der Waals surface area contributed by atoms with Crippen molar-refractivity contribution in [3.05, 3.63) is 35.4 Å². The fourth-order valence-electron chi connectivity index (χ4n) is 1.96. The maximum Gasteiger partial charge on any atom is 0.280 e. The van der Waals surface area contributed by atoms with Crippen LogP contribution in [0.15, 0.2) is 24.3 Å². The van der Waals surface area contributed by atoms with Crippen LogP contribution in [0, 0.1) is 0 Å². The highest BCUT2D eigenvalue weighted by Crippen LogP contribution is 2.35. The zero-order chi connectivity index (χ0) is 10.3. The van der Waals surface area contributed by atoms with Crippen LogP contribution in [-0.4, -0.2) is 24.2 Å². The number of hydroxylamine groups is 2. The lowest BCUT2D eigenvalue weighted by atomic mass is 10.1. The van der Waals surface area contributed by atoms with E-state index in [2.05, 4.69) is 0 Å². The summed E-state index contributed by atoms with van der Waals surface area (Å²) in [4.78, 5) is 17.3. The van der Waals surface area contributed by atoms with Crippen molar-refractivity contribution < 1.29 is 14.4 Å². The summed E-state index contributed by atoms with van der Waals surface area (Å²) in [6.45, 7) is 1.17. The van der Waals surface area contributed by atoms with Crippen LogP contribution in [0.3, 0.4) is 0 Å². The molecule has 2 heterocycles. The van der Waals surface area contributed by atoms with Crippen molar-refractivity contribution in [2.45, 2.75) is 12.6 Å². The summed E-state index contributed by atoms with van der Waals surface area (Å²) in [5.41, 5.74) is 1.59. The van der Waals surface area contributed by atoms with Gasteiger partial charge in [-0.05, 0) is 12.5 Å². The Morgan fingerprint density at radius 2 is 2.13 bits per heavy atom. The molecule has 0 aromatic heterocycles. The van der Waals surface area contributed by atoms with Gasteiger partial charge in [0.2, 0.25) is 0 Å². The summed E-state index contributed by atoms with van der Waals surface area (Å²) in [5, 5.41) is 1.34. The van der Waals surface area contributed by atoms with Crippen LogP contribution in [0.2, 0.25) is 0 Å². The molecule has 0 N–H and O–H groups in total. The molecule has 1 amide bonds. The fourth-order valence-corrected chi connectivity index (χ4v) is 1.96. The first-order valence-electron chi connectivity index (χ1n) is 5.05. The number of carbonyl (C=O) groups is 1. The fraction of sp³-hybridized carbons (Fsp3) is 0.364. The standard InChI is InChI=1S/C11H11NO3/c13-10-8-4-1-2-5-9(8)11-12(10)15-7-3-6-14-11/h1-2,4-5,11H,3,6-7H2. The third kappa shape index (κ3) is 1.26. The van der Waals surface area contributed by atoms with E-state index < -0.39 is 0 Å². The van der Waals surface area contributed by atoms with Gasteiger partial charge >= 0.3 is 0 Å². The summed E-state index contributed by atoms with van der Waals surface area (Å²) in [5.74, 6) is -0.0995. The van der Waals surface area contributed by atoms with E-state index in [1.165, 1.54) is 5.06 Å². The highest BCUT2D eigenvalue weighted by molar-refractivity contribution is 5.98. The first-order valence-corrected chi connectivity index (χ1v) is 5.05. The third-order valence-corrected chi connectivity index (χ3v) is 2.67. The van der Waals surface area contributed by atoms with E-state index in [9.17, 15) is 4.79 Å². The molecule has 1 aromatic carbocycles. The number of carbonyl (C=O) groups excluding carboxylic acids is 1. The minimum Gasteiger partial charge on any atom is -0.352 e. The summed E-state index contributed by atoms with van der Waals surface area (Å²) in [7, 11) is 0. The second-order valence-electron chi connectivity index (χ2n) is 3.63. The molecule has 15 heavy (non-hydrogen) atoms. The smallest absolute Gasteiger partial charge is 0.280 e. The molecule has 1 unspecified atom stereocenters. The summed E-state index contributed by atoms with van der Waals surface area (Å²) in [6, 6.07) is 7.47. The molecule has 2 aliphatic heterocycles. The Hall–Kier alpha value is -1.39. The molecule has 0 saturated carbocycles. The topological polar surface area (TPSA) is 38.8 Å². The van der Waals surface area contributed by atoms with Crippen LogP contribution in [0.1, 0.15) is 28.6 Å². The zero-order valence-electron chi connectivity index (χ0n) is 8.18. The molecule has 2 aliphatic rings. The van der Waals surface area contributed by atoms with Gasteiger partial charge in [0.1, 0.15) is 0 Å². The molecule has 1 aromatic rings. The zero-order valence-corrected chi connectivity index (χ0v) is 8.18. The number of hydrogen-bond donors (Lipinski definition) is 0. The highest BCUT2D eigenvalue weighted by atomic mass is 16.7. The molecule has 0 spiro atoms. The summed E-state index contributed by atoms with van der Waals surface area (Å²) in [6.07, 6.45) is 0.471. The molecule has 4 nitrogen and oxygen atoms in total. The van der Waals surface area contributed by atoms with E-state index in [1.807, 2.05) is 18.2 Å². The van der Waals surface area contributed by atoms with Crippen molar-refractivity contribution in [2.75, 3.05) is 13.2 Å². The molecular formula is C11H11NO3. The van der Waals surface area contributed by atoms with Crippen molar-refractivity contribution in [1.82, 2.24) is 5.06 Å². The van der Waals surface area contributed by atoms with E-state index in [0.29, 0.717) is 18.8 Å². The lowest BCUT2D eigenvalue weighted by Crippen LogP contribution is -2.27.